The van der Waals surface area contributed by atoms with Crippen LogP contribution < -0.4 is 10.6 Å². The van der Waals surface area contributed by atoms with Crippen LogP contribution in [0.1, 0.15) is 16.0 Å². The van der Waals surface area contributed by atoms with Gasteiger partial charge in [0, 0.05) is 18.9 Å². The summed E-state index contributed by atoms with van der Waals surface area (Å²) in [5.74, 6) is -1.37. The number of rotatable bonds is 5. The molecule has 5 nitrogen and oxygen atoms in total. The fraction of sp³-hybridized carbons (Fsp3) is 0.286. The summed E-state index contributed by atoms with van der Waals surface area (Å²) >= 11 is 1.26. The van der Waals surface area contributed by atoms with Crippen LogP contribution in [0.3, 0.4) is 0 Å². The predicted octanol–water partition coefficient (Wildman–Crippen LogP) is 3.20. The van der Waals surface area contributed by atoms with Crippen LogP contribution in [0.25, 0.3) is 0 Å². The molecule has 0 fully saturated rings. The van der Waals surface area contributed by atoms with Gasteiger partial charge in [-0.1, -0.05) is 11.3 Å². The summed E-state index contributed by atoms with van der Waals surface area (Å²) in [6.07, 6.45) is 1.59. The van der Waals surface area contributed by atoms with Crippen LogP contribution in [0.4, 0.5) is 18.7 Å². The van der Waals surface area contributed by atoms with Gasteiger partial charge in [0.05, 0.1) is 18.0 Å². The van der Waals surface area contributed by atoms with E-state index in [0.717, 1.165) is 4.88 Å². The molecule has 0 atom stereocenters. The van der Waals surface area contributed by atoms with Crippen molar-refractivity contribution >= 4 is 22.5 Å². The number of hydrogen-bond donors (Lipinski definition) is 2. The Morgan fingerprint density at radius 1 is 1.36 bits per heavy atom. The molecule has 1 heterocycles. The minimum Gasteiger partial charge on any atom is -0.379 e. The molecule has 0 aliphatic carbocycles. The summed E-state index contributed by atoms with van der Waals surface area (Å²) in [6.45, 7) is 1.75. The Hall–Kier alpha value is -2.06. The number of amides is 2. The molecule has 118 valence electrons. The van der Waals surface area contributed by atoms with Crippen molar-refractivity contribution in [2.45, 2.75) is 20.1 Å². The Balaban J connectivity index is 1.92. The van der Waals surface area contributed by atoms with Gasteiger partial charge in [0.2, 0.25) is 0 Å². The third kappa shape index (κ3) is 4.22. The topological polar surface area (TPSA) is 63.2 Å². The SMILES string of the molecule is COCc1cnc(NC(=O)NCc2c(F)cc(C)cc2F)s1. The summed E-state index contributed by atoms with van der Waals surface area (Å²) in [5.41, 5.74) is 0.302. The van der Waals surface area contributed by atoms with Crippen LogP contribution in [0.2, 0.25) is 0 Å². The van der Waals surface area contributed by atoms with E-state index < -0.39 is 17.7 Å². The lowest BCUT2D eigenvalue weighted by atomic mass is 10.1. The lowest BCUT2D eigenvalue weighted by Crippen LogP contribution is -2.28. The maximum absolute atomic E-state index is 13.6. The highest BCUT2D eigenvalue weighted by Crippen LogP contribution is 2.19. The summed E-state index contributed by atoms with van der Waals surface area (Å²) in [4.78, 5) is 16.6. The molecule has 2 amide bonds. The molecule has 8 heteroatoms. The molecule has 0 aliphatic heterocycles. The average Bonchev–Trinajstić information content (AvgIpc) is 2.85. The Morgan fingerprint density at radius 2 is 2.05 bits per heavy atom. The molecule has 0 saturated heterocycles. The van der Waals surface area contributed by atoms with Gasteiger partial charge in [0.25, 0.3) is 0 Å². The molecule has 2 rings (SSSR count). The van der Waals surface area contributed by atoms with E-state index in [1.807, 2.05) is 0 Å². The molecule has 22 heavy (non-hydrogen) atoms. The first-order chi connectivity index (χ1) is 10.5. The van der Waals surface area contributed by atoms with Gasteiger partial charge in [0.1, 0.15) is 11.6 Å². The predicted molar refractivity (Wildman–Crippen MR) is 79.8 cm³/mol. The maximum atomic E-state index is 13.6. The van der Waals surface area contributed by atoms with Crippen molar-refractivity contribution in [3.8, 4) is 0 Å². The molecule has 0 saturated carbocycles. The molecule has 1 aromatic carbocycles. The number of hydrogen-bond acceptors (Lipinski definition) is 4. The van der Waals surface area contributed by atoms with E-state index in [1.54, 1.807) is 20.2 Å². The van der Waals surface area contributed by atoms with Crippen LogP contribution in [-0.4, -0.2) is 18.1 Å². The van der Waals surface area contributed by atoms with Gasteiger partial charge < -0.3 is 10.1 Å². The third-order valence-corrected chi connectivity index (χ3v) is 3.66. The number of aryl methyl sites for hydroxylation is 1. The van der Waals surface area contributed by atoms with Gasteiger partial charge in [-0.2, -0.15) is 0 Å². The Labute approximate surface area is 130 Å². The number of nitrogens with zero attached hydrogens (tertiary/aromatic N) is 1. The molecular weight excluding hydrogens is 312 g/mol. The smallest absolute Gasteiger partial charge is 0.321 e. The molecule has 0 aliphatic rings. The first kappa shape index (κ1) is 16.3. The highest BCUT2D eigenvalue weighted by molar-refractivity contribution is 7.15. The van der Waals surface area contributed by atoms with Crippen LogP contribution >= 0.6 is 11.3 Å². The van der Waals surface area contributed by atoms with Gasteiger partial charge >= 0.3 is 6.03 Å². The second-order valence-electron chi connectivity index (χ2n) is 4.58. The Kier molecular flexibility index (Phi) is 5.40. The summed E-state index contributed by atoms with van der Waals surface area (Å²) in [5, 5.41) is 5.28. The molecule has 0 bridgehead atoms. The van der Waals surface area contributed by atoms with Gasteiger partial charge in [-0.3, -0.25) is 5.32 Å². The van der Waals surface area contributed by atoms with Crippen LogP contribution in [0.15, 0.2) is 18.3 Å². The number of nitrogens with one attached hydrogen (secondary N) is 2. The molecular formula is C14H15F2N3O2S. The van der Waals surface area contributed by atoms with Crippen molar-refractivity contribution < 1.29 is 18.3 Å². The monoisotopic (exact) mass is 327 g/mol. The second-order valence-corrected chi connectivity index (χ2v) is 5.69. The molecule has 0 spiro atoms. The summed E-state index contributed by atoms with van der Waals surface area (Å²) in [6, 6.07) is 1.85. The van der Waals surface area contributed by atoms with Crippen molar-refractivity contribution in [1.29, 1.82) is 0 Å². The van der Waals surface area contributed by atoms with E-state index in [0.29, 0.717) is 17.3 Å². The first-order valence-electron chi connectivity index (χ1n) is 6.42. The van der Waals surface area contributed by atoms with Crippen LogP contribution in [-0.2, 0) is 17.9 Å². The van der Waals surface area contributed by atoms with E-state index in [1.165, 1.54) is 23.5 Å². The van der Waals surface area contributed by atoms with Crippen molar-refractivity contribution in [3.63, 3.8) is 0 Å². The van der Waals surface area contributed by atoms with Crippen molar-refractivity contribution in [3.05, 3.63) is 46.0 Å². The molecule has 2 aromatic rings. The van der Waals surface area contributed by atoms with Crippen molar-refractivity contribution in [2.24, 2.45) is 0 Å². The number of methoxy groups -OCH3 is 1. The fourth-order valence-corrected chi connectivity index (χ4v) is 2.56. The largest absolute Gasteiger partial charge is 0.379 e. The fourth-order valence-electron chi connectivity index (χ4n) is 1.78. The second kappa shape index (κ2) is 7.28. The van der Waals surface area contributed by atoms with E-state index >= 15 is 0 Å². The van der Waals surface area contributed by atoms with Crippen molar-refractivity contribution in [1.82, 2.24) is 10.3 Å². The van der Waals surface area contributed by atoms with Gasteiger partial charge in [0.15, 0.2) is 5.13 Å². The zero-order valence-electron chi connectivity index (χ0n) is 12.1. The Bertz CT molecular complexity index is 653. The molecule has 1 aromatic heterocycles. The zero-order valence-corrected chi connectivity index (χ0v) is 12.9. The third-order valence-electron chi connectivity index (χ3n) is 2.77. The van der Waals surface area contributed by atoms with E-state index in [-0.39, 0.29) is 12.1 Å². The lowest BCUT2D eigenvalue weighted by molar-refractivity contribution is 0.187. The quantitative estimate of drug-likeness (QED) is 0.886. The molecule has 0 radical (unpaired) electrons. The molecule has 2 N–H and O–H groups in total. The van der Waals surface area contributed by atoms with E-state index in [9.17, 15) is 13.6 Å². The number of aromatic nitrogens is 1. The Morgan fingerprint density at radius 3 is 2.68 bits per heavy atom. The number of anilines is 1. The normalized spacial score (nSPS) is 10.5. The highest BCUT2D eigenvalue weighted by Gasteiger charge is 2.12. The lowest BCUT2D eigenvalue weighted by Gasteiger charge is -2.08. The van der Waals surface area contributed by atoms with E-state index in [2.05, 4.69) is 15.6 Å². The highest BCUT2D eigenvalue weighted by atomic mass is 32.1. The zero-order chi connectivity index (χ0) is 16.1. The van der Waals surface area contributed by atoms with Gasteiger partial charge in [-0.15, -0.1) is 0 Å². The average molecular weight is 327 g/mol. The maximum Gasteiger partial charge on any atom is 0.321 e. The summed E-state index contributed by atoms with van der Waals surface area (Å²) in [7, 11) is 1.56. The first-order valence-corrected chi connectivity index (χ1v) is 7.24. The number of urea groups is 1. The standard InChI is InChI=1S/C14H15F2N3O2S/c1-8-3-11(15)10(12(16)4-8)6-17-13(20)19-14-18-5-9(22-14)7-21-2/h3-5H,6-7H2,1-2H3,(H2,17,18,19,20). The van der Waals surface area contributed by atoms with Crippen LogP contribution in [0.5, 0.6) is 0 Å². The number of thiazole rings is 1. The minimum atomic E-state index is -0.686. The van der Waals surface area contributed by atoms with Crippen LogP contribution in [0, 0.1) is 18.6 Å². The minimum absolute atomic E-state index is 0.181. The van der Waals surface area contributed by atoms with Gasteiger partial charge in [-0.25, -0.2) is 18.6 Å². The van der Waals surface area contributed by atoms with Gasteiger partial charge in [-0.05, 0) is 24.6 Å². The number of ether oxygens (including phenoxy) is 1. The number of carbonyl (C=O) groups excluding carboxylic acids is 1. The summed E-state index contributed by atoms with van der Waals surface area (Å²) < 4.78 is 32.2. The number of carbonyl (C=O) groups is 1. The van der Waals surface area contributed by atoms with E-state index in [4.69, 9.17) is 4.74 Å². The molecule has 0 unspecified atom stereocenters. The number of benzene rings is 1. The van der Waals surface area contributed by atoms with Crippen molar-refractivity contribution in [2.75, 3.05) is 12.4 Å². The number of halogens is 2.